The number of nitrogens with one attached hydrogen (secondary N) is 1. The number of hydrogen-bond donors (Lipinski definition) is 2. The molecule has 2 N–H and O–H groups in total. The number of hydrogen-bond acceptors (Lipinski definition) is 2. The summed E-state index contributed by atoms with van der Waals surface area (Å²) in [6.07, 6.45) is 2.35. The molecule has 0 bridgehead atoms. The number of amides is 1. The maximum atomic E-state index is 11.8. The van der Waals surface area contributed by atoms with Gasteiger partial charge in [-0.3, -0.25) is 9.59 Å². The van der Waals surface area contributed by atoms with Gasteiger partial charge in [-0.2, -0.15) is 0 Å². The van der Waals surface area contributed by atoms with Crippen molar-refractivity contribution in [3.05, 3.63) is 0 Å². The van der Waals surface area contributed by atoms with Crippen molar-refractivity contribution in [3.63, 3.8) is 0 Å². The van der Waals surface area contributed by atoms with Crippen LogP contribution < -0.4 is 5.32 Å². The van der Waals surface area contributed by atoms with Gasteiger partial charge in [0.2, 0.25) is 5.91 Å². The van der Waals surface area contributed by atoms with Crippen LogP contribution in [0.3, 0.4) is 0 Å². The number of rotatable bonds is 4. The second kappa shape index (κ2) is 5.32. The first-order valence-electron chi connectivity index (χ1n) is 5.96. The Morgan fingerprint density at radius 1 is 1.25 bits per heavy atom. The molecule has 0 radical (unpaired) electrons. The summed E-state index contributed by atoms with van der Waals surface area (Å²) in [5, 5.41) is 11.9. The van der Waals surface area contributed by atoms with Crippen LogP contribution in [0.2, 0.25) is 0 Å². The molecule has 0 aromatic carbocycles. The first-order valence-corrected chi connectivity index (χ1v) is 5.96. The Hall–Kier alpha value is -1.06. The maximum Gasteiger partial charge on any atom is 0.308 e. The standard InChI is InChI=1S/C12H21NO3/c1-7(2)8(3)11(14)13-10-6-4-5-9(10)12(15)16/h7-10H,4-6H2,1-3H3,(H,13,14)(H,15,16)/t8?,9-,10+/m0/s1. The van der Waals surface area contributed by atoms with Crippen LogP contribution >= 0.6 is 0 Å². The topological polar surface area (TPSA) is 66.4 Å². The van der Waals surface area contributed by atoms with E-state index in [2.05, 4.69) is 5.32 Å². The number of carboxylic acids is 1. The second-order valence-electron chi connectivity index (χ2n) is 5.02. The van der Waals surface area contributed by atoms with Crippen LogP contribution in [-0.2, 0) is 9.59 Å². The van der Waals surface area contributed by atoms with Crippen LogP contribution in [0.15, 0.2) is 0 Å². The molecule has 3 atom stereocenters. The highest BCUT2D eigenvalue weighted by atomic mass is 16.4. The molecular formula is C12H21NO3. The smallest absolute Gasteiger partial charge is 0.308 e. The summed E-state index contributed by atoms with van der Waals surface area (Å²) in [5.41, 5.74) is 0. The highest BCUT2D eigenvalue weighted by molar-refractivity contribution is 5.80. The van der Waals surface area contributed by atoms with Gasteiger partial charge in [0.05, 0.1) is 5.92 Å². The largest absolute Gasteiger partial charge is 0.481 e. The number of carboxylic acid groups (broad SMARTS) is 1. The van der Waals surface area contributed by atoms with Gasteiger partial charge in [0.1, 0.15) is 0 Å². The predicted molar refractivity (Wildman–Crippen MR) is 60.9 cm³/mol. The van der Waals surface area contributed by atoms with Gasteiger partial charge in [-0.15, -0.1) is 0 Å². The Bertz CT molecular complexity index is 275. The van der Waals surface area contributed by atoms with Crippen LogP contribution in [0.4, 0.5) is 0 Å². The van der Waals surface area contributed by atoms with Crippen molar-refractivity contribution in [1.29, 1.82) is 0 Å². The summed E-state index contributed by atoms with van der Waals surface area (Å²) in [4.78, 5) is 22.8. The van der Waals surface area contributed by atoms with E-state index in [0.717, 1.165) is 12.8 Å². The lowest BCUT2D eigenvalue weighted by Gasteiger charge is -2.21. The average molecular weight is 227 g/mol. The van der Waals surface area contributed by atoms with Gasteiger partial charge in [0.25, 0.3) is 0 Å². The van der Waals surface area contributed by atoms with Crippen molar-refractivity contribution in [1.82, 2.24) is 5.32 Å². The Labute approximate surface area is 96.4 Å². The van der Waals surface area contributed by atoms with Crippen molar-refractivity contribution in [3.8, 4) is 0 Å². The van der Waals surface area contributed by atoms with Crippen molar-refractivity contribution in [2.75, 3.05) is 0 Å². The van der Waals surface area contributed by atoms with Gasteiger partial charge >= 0.3 is 5.97 Å². The Morgan fingerprint density at radius 2 is 1.88 bits per heavy atom. The van der Waals surface area contributed by atoms with Crippen LogP contribution in [-0.4, -0.2) is 23.0 Å². The molecule has 0 spiro atoms. The fourth-order valence-electron chi connectivity index (χ4n) is 2.05. The minimum Gasteiger partial charge on any atom is -0.481 e. The van der Waals surface area contributed by atoms with Gasteiger partial charge < -0.3 is 10.4 Å². The number of aliphatic carboxylic acids is 1. The second-order valence-corrected chi connectivity index (χ2v) is 5.02. The molecule has 1 unspecified atom stereocenters. The zero-order valence-corrected chi connectivity index (χ0v) is 10.2. The first kappa shape index (κ1) is 13.0. The molecule has 4 nitrogen and oxygen atoms in total. The predicted octanol–water partition coefficient (Wildman–Crippen LogP) is 1.65. The van der Waals surface area contributed by atoms with Crippen LogP contribution in [0.5, 0.6) is 0 Å². The molecule has 0 aliphatic heterocycles. The summed E-state index contributed by atoms with van der Waals surface area (Å²) >= 11 is 0. The maximum absolute atomic E-state index is 11.8. The molecule has 1 aliphatic carbocycles. The average Bonchev–Trinajstić information content (AvgIpc) is 2.64. The van der Waals surface area contributed by atoms with E-state index < -0.39 is 11.9 Å². The van der Waals surface area contributed by atoms with E-state index in [1.165, 1.54) is 0 Å². The van der Waals surface area contributed by atoms with Gasteiger partial charge in [0, 0.05) is 12.0 Å². The van der Waals surface area contributed by atoms with E-state index >= 15 is 0 Å². The van der Waals surface area contributed by atoms with Crippen molar-refractivity contribution in [2.24, 2.45) is 17.8 Å². The first-order chi connectivity index (χ1) is 7.43. The van der Waals surface area contributed by atoms with Gasteiger partial charge in [-0.1, -0.05) is 27.2 Å². The highest BCUT2D eigenvalue weighted by Gasteiger charge is 2.34. The lowest BCUT2D eigenvalue weighted by Crippen LogP contribution is -2.43. The van der Waals surface area contributed by atoms with E-state index in [1.807, 2.05) is 20.8 Å². The lowest BCUT2D eigenvalue weighted by molar-refractivity contribution is -0.142. The van der Waals surface area contributed by atoms with E-state index in [4.69, 9.17) is 5.11 Å². The molecule has 1 amide bonds. The molecule has 1 rings (SSSR count). The van der Waals surface area contributed by atoms with Gasteiger partial charge in [0.15, 0.2) is 0 Å². The summed E-state index contributed by atoms with van der Waals surface area (Å²) in [7, 11) is 0. The lowest BCUT2D eigenvalue weighted by atomic mass is 9.96. The zero-order valence-electron chi connectivity index (χ0n) is 10.2. The highest BCUT2D eigenvalue weighted by Crippen LogP contribution is 2.26. The van der Waals surface area contributed by atoms with E-state index in [-0.39, 0.29) is 23.8 Å². The van der Waals surface area contributed by atoms with Crippen molar-refractivity contribution < 1.29 is 14.7 Å². The molecule has 0 aromatic heterocycles. The zero-order chi connectivity index (χ0) is 12.3. The SMILES string of the molecule is CC(C)C(C)C(=O)N[C@@H]1CCC[C@@H]1C(=O)O. The molecule has 1 saturated carbocycles. The molecule has 1 fully saturated rings. The molecule has 1 aliphatic rings. The van der Waals surface area contributed by atoms with E-state index in [1.54, 1.807) is 0 Å². The van der Waals surface area contributed by atoms with Crippen molar-refractivity contribution >= 4 is 11.9 Å². The molecule has 4 heteroatoms. The number of carbonyl (C=O) groups is 2. The summed E-state index contributed by atoms with van der Waals surface area (Å²) < 4.78 is 0. The summed E-state index contributed by atoms with van der Waals surface area (Å²) in [5.74, 6) is -0.990. The fourth-order valence-corrected chi connectivity index (χ4v) is 2.05. The monoisotopic (exact) mass is 227 g/mol. The minimum absolute atomic E-state index is 0.0202. The molecular weight excluding hydrogens is 206 g/mol. The Balaban J connectivity index is 2.53. The summed E-state index contributed by atoms with van der Waals surface area (Å²) in [6, 6.07) is -0.175. The van der Waals surface area contributed by atoms with Gasteiger partial charge in [-0.25, -0.2) is 0 Å². The van der Waals surface area contributed by atoms with Crippen LogP contribution in [0, 0.1) is 17.8 Å². The van der Waals surface area contributed by atoms with Crippen molar-refractivity contribution in [2.45, 2.75) is 46.1 Å². The quantitative estimate of drug-likeness (QED) is 0.767. The summed E-state index contributed by atoms with van der Waals surface area (Å²) in [6.45, 7) is 5.87. The Kier molecular flexibility index (Phi) is 4.33. The Morgan fingerprint density at radius 3 is 2.38 bits per heavy atom. The molecule has 0 aromatic rings. The molecule has 0 heterocycles. The third-order valence-electron chi connectivity index (χ3n) is 3.57. The minimum atomic E-state index is -0.792. The number of carbonyl (C=O) groups excluding carboxylic acids is 1. The normalized spacial score (nSPS) is 26.8. The third kappa shape index (κ3) is 2.97. The molecule has 92 valence electrons. The molecule has 16 heavy (non-hydrogen) atoms. The van der Waals surface area contributed by atoms with Crippen LogP contribution in [0.25, 0.3) is 0 Å². The van der Waals surface area contributed by atoms with Crippen LogP contribution in [0.1, 0.15) is 40.0 Å². The molecule has 0 saturated heterocycles. The van der Waals surface area contributed by atoms with E-state index in [0.29, 0.717) is 6.42 Å². The fraction of sp³-hybridized carbons (Fsp3) is 0.833. The third-order valence-corrected chi connectivity index (χ3v) is 3.57. The van der Waals surface area contributed by atoms with Gasteiger partial charge in [-0.05, 0) is 18.8 Å². The van der Waals surface area contributed by atoms with E-state index in [9.17, 15) is 9.59 Å².